The largest absolute Gasteiger partial charge is 0.497 e. The molecule has 1 aliphatic rings. The Labute approximate surface area is 158 Å². The van der Waals surface area contributed by atoms with Gasteiger partial charge in [0.2, 0.25) is 0 Å². The molecule has 1 saturated heterocycles. The normalized spacial score (nSPS) is 13.9. The Bertz CT molecular complexity index is 786. The molecule has 0 aliphatic carbocycles. The van der Waals surface area contributed by atoms with Gasteiger partial charge in [-0.1, -0.05) is 12.1 Å². The van der Waals surface area contributed by atoms with Crippen molar-refractivity contribution in [2.45, 2.75) is 6.42 Å². The number of benzene rings is 1. The number of amides is 2. The van der Waals surface area contributed by atoms with Gasteiger partial charge in [0, 0.05) is 31.4 Å². The van der Waals surface area contributed by atoms with Gasteiger partial charge in [0.1, 0.15) is 11.4 Å². The second-order valence-electron chi connectivity index (χ2n) is 6.19. The average Bonchev–Trinajstić information content (AvgIpc) is 2.74. The minimum Gasteiger partial charge on any atom is -0.497 e. The van der Waals surface area contributed by atoms with Crippen LogP contribution in [0.4, 0.5) is 0 Å². The zero-order chi connectivity index (χ0) is 19.1. The van der Waals surface area contributed by atoms with Gasteiger partial charge in [-0.05, 0) is 36.2 Å². The summed E-state index contributed by atoms with van der Waals surface area (Å²) in [6, 6.07) is 10.9. The van der Waals surface area contributed by atoms with Gasteiger partial charge in [0.15, 0.2) is 0 Å². The van der Waals surface area contributed by atoms with Crippen LogP contribution in [0.25, 0.3) is 0 Å². The summed E-state index contributed by atoms with van der Waals surface area (Å²) in [5.41, 5.74) is 1.80. The van der Waals surface area contributed by atoms with Crippen LogP contribution in [0.15, 0.2) is 42.6 Å². The molecule has 2 heterocycles. The molecule has 0 radical (unpaired) electrons. The van der Waals surface area contributed by atoms with Gasteiger partial charge in [-0.2, -0.15) is 0 Å². The lowest BCUT2D eigenvalue weighted by atomic mass is 10.1. The number of nitrogens with zero attached hydrogens (tertiary/aromatic N) is 2. The maximum atomic E-state index is 12.5. The number of hydrogen-bond acceptors (Lipinski definition) is 5. The molecule has 142 valence electrons. The van der Waals surface area contributed by atoms with Gasteiger partial charge >= 0.3 is 0 Å². The molecule has 0 atom stereocenters. The van der Waals surface area contributed by atoms with Crippen molar-refractivity contribution in [3.63, 3.8) is 0 Å². The van der Waals surface area contributed by atoms with Gasteiger partial charge < -0.3 is 19.7 Å². The Hall–Kier alpha value is -2.93. The Morgan fingerprint density at radius 1 is 1.19 bits per heavy atom. The lowest BCUT2D eigenvalue weighted by Gasteiger charge is -2.26. The van der Waals surface area contributed by atoms with Gasteiger partial charge in [-0.3, -0.25) is 14.6 Å². The fourth-order valence-electron chi connectivity index (χ4n) is 2.84. The number of carbonyl (C=O) groups is 2. The molecule has 0 unspecified atom stereocenters. The van der Waals surface area contributed by atoms with Crippen LogP contribution in [0.3, 0.4) is 0 Å². The molecular weight excluding hydrogens is 346 g/mol. The SMILES string of the molecule is COc1ccc(CCNC(=O)c2cc(C(=O)N3CCOCC3)ccn2)cc1. The highest BCUT2D eigenvalue weighted by Gasteiger charge is 2.19. The number of nitrogens with one attached hydrogen (secondary N) is 1. The third kappa shape index (κ3) is 5.04. The third-order valence-corrected chi connectivity index (χ3v) is 4.40. The lowest BCUT2D eigenvalue weighted by molar-refractivity contribution is 0.0303. The number of carbonyl (C=O) groups excluding carboxylic acids is 2. The van der Waals surface area contributed by atoms with Crippen molar-refractivity contribution < 1.29 is 19.1 Å². The number of methoxy groups -OCH3 is 1. The van der Waals surface area contributed by atoms with Crippen LogP contribution in [-0.4, -0.2) is 61.7 Å². The maximum Gasteiger partial charge on any atom is 0.269 e. The second-order valence-corrected chi connectivity index (χ2v) is 6.19. The predicted molar refractivity (Wildman–Crippen MR) is 100.0 cm³/mol. The first-order valence-corrected chi connectivity index (χ1v) is 8.91. The quantitative estimate of drug-likeness (QED) is 0.835. The first kappa shape index (κ1) is 18.8. The van der Waals surface area contributed by atoms with Crippen LogP contribution >= 0.6 is 0 Å². The molecule has 2 amide bonds. The van der Waals surface area contributed by atoms with E-state index >= 15 is 0 Å². The zero-order valence-corrected chi connectivity index (χ0v) is 15.3. The molecule has 27 heavy (non-hydrogen) atoms. The summed E-state index contributed by atoms with van der Waals surface area (Å²) in [6.07, 6.45) is 2.19. The topological polar surface area (TPSA) is 80.8 Å². The summed E-state index contributed by atoms with van der Waals surface area (Å²) < 4.78 is 10.4. The molecule has 1 fully saturated rings. The summed E-state index contributed by atoms with van der Waals surface area (Å²) in [6.45, 7) is 2.68. The molecule has 2 aromatic rings. The van der Waals surface area contributed by atoms with E-state index in [1.807, 2.05) is 24.3 Å². The van der Waals surface area contributed by atoms with E-state index in [4.69, 9.17) is 9.47 Å². The van der Waals surface area contributed by atoms with Crippen molar-refractivity contribution in [2.75, 3.05) is 40.0 Å². The van der Waals surface area contributed by atoms with Crippen molar-refractivity contribution in [3.8, 4) is 5.75 Å². The Morgan fingerprint density at radius 3 is 2.63 bits per heavy atom. The monoisotopic (exact) mass is 369 g/mol. The van der Waals surface area contributed by atoms with Crippen LogP contribution < -0.4 is 10.1 Å². The van der Waals surface area contributed by atoms with E-state index in [1.54, 1.807) is 24.1 Å². The van der Waals surface area contributed by atoms with Crippen LogP contribution in [0.2, 0.25) is 0 Å². The fraction of sp³-hybridized carbons (Fsp3) is 0.350. The van der Waals surface area contributed by atoms with E-state index in [1.165, 1.54) is 6.20 Å². The molecule has 1 aliphatic heterocycles. The number of morpholine rings is 1. The maximum absolute atomic E-state index is 12.5. The molecule has 1 aromatic carbocycles. The molecule has 7 heteroatoms. The average molecular weight is 369 g/mol. The Morgan fingerprint density at radius 2 is 1.93 bits per heavy atom. The van der Waals surface area contributed by atoms with Crippen LogP contribution in [-0.2, 0) is 11.2 Å². The van der Waals surface area contributed by atoms with Crippen molar-refractivity contribution in [2.24, 2.45) is 0 Å². The summed E-state index contributed by atoms with van der Waals surface area (Å²) in [5.74, 6) is 0.404. The smallest absolute Gasteiger partial charge is 0.269 e. The number of ether oxygens (including phenoxy) is 2. The van der Waals surface area contributed by atoms with Gasteiger partial charge in [-0.15, -0.1) is 0 Å². The van der Waals surface area contributed by atoms with Crippen molar-refractivity contribution in [1.82, 2.24) is 15.2 Å². The highest BCUT2D eigenvalue weighted by molar-refractivity contribution is 5.98. The zero-order valence-electron chi connectivity index (χ0n) is 15.3. The van der Waals surface area contributed by atoms with E-state index in [9.17, 15) is 9.59 Å². The van der Waals surface area contributed by atoms with Crippen LogP contribution in [0.1, 0.15) is 26.4 Å². The summed E-state index contributed by atoms with van der Waals surface area (Å²) in [4.78, 5) is 30.7. The standard InChI is InChI=1S/C20H23N3O4/c1-26-17-4-2-15(3-5-17)6-8-22-19(24)18-14-16(7-9-21-18)20(25)23-10-12-27-13-11-23/h2-5,7,9,14H,6,8,10-13H2,1H3,(H,22,24). The highest BCUT2D eigenvalue weighted by Crippen LogP contribution is 2.12. The number of hydrogen-bond donors (Lipinski definition) is 1. The van der Waals surface area contributed by atoms with Gasteiger partial charge in [0.25, 0.3) is 11.8 Å². The van der Waals surface area contributed by atoms with Crippen molar-refractivity contribution >= 4 is 11.8 Å². The molecular formula is C20H23N3O4. The second kappa shape index (κ2) is 9.14. The van der Waals surface area contributed by atoms with E-state index in [0.717, 1.165) is 11.3 Å². The summed E-state index contributed by atoms with van der Waals surface area (Å²) in [5, 5.41) is 2.84. The van der Waals surface area contributed by atoms with Crippen molar-refractivity contribution in [1.29, 1.82) is 0 Å². The summed E-state index contributed by atoms with van der Waals surface area (Å²) >= 11 is 0. The van der Waals surface area contributed by atoms with Gasteiger partial charge in [-0.25, -0.2) is 0 Å². The van der Waals surface area contributed by atoms with Gasteiger partial charge in [0.05, 0.1) is 20.3 Å². The van der Waals surface area contributed by atoms with E-state index < -0.39 is 0 Å². The van der Waals surface area contributed by atoms with Crippen molar-refractivity contribution in [3.05, 3.63) is 59.4 Å². The summed E-state index contributed by atoms with van der Waals surface area (Å²) in [7, 11) is 1.63. The third-order valence-electron chi connectivity index (χ3n) is 4.40. The minimum atomic E-state index is -0.292. The van der Waals surface area contributed by atoms with Crippen LogP contribution in [0.5, 0.6) is 5.75 Å². The first-order chi connectivity index (χ1) is 13.2. The molecule has 0 spiro atoms. The van der Waals surface area contributed by atoms with E-state index in [0.29, 0.717) is 44.8 Å². The number of pyridine rings is 1. The fourth-order valence-corrected chi connectivity index (χ4v) is 2.84. The Balaban J connectivity index is 1.55. The molecule has 7 nitrogen and oxygen atoms in total. The molecule has 3 rings (SSSR count). The highest BCUT2D eigenvalue weighted by atomic mass is 16.5. The van der Waals surface area contributed by atoms with E-state index in [-0.39, 0.29) is 17.5 Å². The Kier molecular flexibility index (Phi) is 6.38. The van der Waals surface area contributed by atoms with Crippen LogP contribution in [0, 0.1) is 0 Å². The number of rotatable bonds is 6. The lowest BCUT2D eigenvalue weighted by Crippen LogP contribution is -2.40. The molecule has 1 N–H and O–H groups in total. The molecule has 0 saturated carbocycles. The molecule has 1 aromatic heterocycles. The minimum absolute atomic E-state index is 0.104. The first-order valence-electron chi connectivity index (χ1n) is 8.91. The molecule has 0 bridgehead atoms. The predicted octanol–water partition coefficient (Wildman–Crippen LogP) is 1.54. The number of aromatic nitrogens is 1. The van der Waals surface area contributed by atoms with E-state index in [2.05, 4.69) is 10.3 Å².